The summed E-state index contributed by atoms with van der Waals surface area (Å²) >= 11 is 0. The molecular formula is C9H18N2O4. The molecule has 0 aliphatic heterocycles. The fraction of sp³-hybridized carbons (Fsp3) is 0.778. The highest BCUT2D eigenvalue weighted by Crippen LogP contribution is 2.02. The first-order valence-electron chi connectivity index (χ1n) is 4.88. The van der Waals surface area contributed by atoms with Gasteiger partial charge in [0.15, 0.2) is 6.10 Å². The summed E-state index contributed by atoms with van der Waals surface area (Å²) in [6.07, 6.45) is 0.824. The van der Waals surface area contributed by atoms with Crippen LogP contribution in [0, 0.1) is 0 Å². The van der Waals surface area contributed by atoms with Gasteiger partial charge in [0, 0.05) is 0 Å². The number of rotatable bonds is 7. The summed E-state index contributed by atoms with van der Waals surface area (Å²) in [6, 6.07) is -0.765. The number of ether oxygens (including phenoxy) is 1. The molecule has 0 amide bonds. The number of carboxylic acids is 1. The van der Waals surface area contributed by atoms with Gasteiger partial charge in [-0.05, 0) is 26.3 Å². The van der Waals surface area contributed by atoms with Crippen LogP contribution in [0.25, 0.3) is 0 Å². The zero-order valence-electron chi connectivity index (χ0n) is 8.81. The largest absolute Gasteiger partial charge is 0.479 e. The second kappa shape index (κ2) is 7.19. The summed E-state index contributed by atoms with van der Waals surface area (Å²) in [4.78, 5) is 21.6. The number of carbonyl (C=O) groups excluding carboxylic acids is 1. The SMILES string of the molecule is CC(OC(=O)C(N)CCCCN)C(=O)O. The number of aliphatic carboxylic acids is 1. The van der Waals surface area contributed by atoms with Gasteiger partial charge < -0.3 is 21.3 Å². The first-order valence-corrected chi connectivity index (χ1v) is 4.88. The average Bonchev–Trinajstić information content (AvgIpc) is 2.17. The van der Waals surface area contributed by atoms with Gasteiger partial charge in [0.25, 0.3) is 0 Å². The monoisotopic (exact) mass is 218 g/mol. The van der Waals surface area contributed by atoms with Crippen molar-refractivity contribution in [2.75, 3.05) is 6.54 Å². The van der Waals surface area contributed by atoms with E-state index in [4.69, 9.17) is 16.6 Å². The van der Waals surface area contributed by atoms with Gasteiger partial charge in [0.1, 0.15) is 6.04 Å². The molecule has 2 unspecified atom stereocenters. The van der Waals surface area contributed by atoms with Gasteiger partial charge in [-0.2, -0.15) is 0 Å². The number of carbonyl (C=O) groups is 2. The van der Waals surface area contributed by atoms with E-state index < -0.39 is 24.1 Å². The minimum Gasteiger partial charge on any atom is -0.479 e. The maximum Gasteiger partial charge on any atom is 0.344 e. The van der Waals surface area contributed by atoms with Crippen LogP contribution in [-0.2, 0) is 14.3 Å². The Morgan fingerprint density at radius 2 is 2.00 bits per heavy atom. The van der Waals surface area contributed by atoms with E-state index in [0.29, 0.717) is 13.0 Å². The van der Waals surface area contributed by atoms with Crippen molar-refractivity contribution >= 4 is 11.9 Å². The fourth-order valence-corrected chi connectivity index (χ4v) is 0.938. The lowest BCUT2D eigenvalue weighted by Crippen LogP contribution is -2.36. The Morgan fingerprint density at radius 3 is 2.47 bits per heavy atom. The third kappa shape index (κ3) is 6.03. The molecule has 0 fully saturated rings. The molecule has 0 aromatic heterocycles. The van der Waals surface area contributed by atoms with Gasteiger partial charge in [-0.3, -0.25) is 4.79 Å². The Balaban J connectivity index is 3.83. The van der Waals surface area contributed by atoms with E-state index in [1.807, 2.05) is 0 Å². The molecule has 0 bridgehead atoms. The summed E-state index contributed by atoms with van der Waals surface area (Å²) in [7, 11) is 0. The average molecular weight is 218 g/mol. The van der Waals surface area contributed by atoms with Gasteiger partial charge in [-0.25, -0.2) is 4.79 Å². The molecule has 0 heterocycles. The second-order valence-corrected chi connectivity index (χ2v) is 3.31. The van der Waals surface area contributed by atoms with E-state index in [1.165, 1.54) is 6.92 Å². The summed E-state index contributed by atoms with van der Waals surface area (Å²) in [5, 5.41) is 8.49. The normalized spacial score (nSPS) is 14.3. The quantitative estimate of drug-likeness (QED) is 0.390. The van der Waals surface area contributed by atoms with Crippen LogP contribution in [0.3, 0.4) is 0 Å². The Bertz CT molecular complexity index is 220. The predicted molar refractivity (Wildman–Crippen MR) is 54.1 cm³/mol. The van der Waals surface area contributed by atoms with E-state index in [2.05, 4.69) is 4.74 Å². The predicted octanol–water partition coefficient (Wildman–Crippen LogP) is -0.541. The molecule has 0 saturated carbocycles. The van der Waals surface area contributed by atoms with Crippen molar-refractivity contribution in [3.05, 3.63) is 0 Å². The summed E-state index contributed by atoms with van der Waals surface area (Å²) in [5.41, 5.74) is 10.8. The molecule has 0 aromatic carbocycles. The van der Waals surface area contributed by atoms with Crippen LogP contribution in [0.15, 0.2) is 0 Å². The molecule has 0 aromatic rings. The topological polar surface area (TPSA) is 116 Å². The van der Waals surface area contributed by atoms with Gasteiger partial charge in [0.2, 0.25) is 0 Å². The van der Waals surface area contributed by atoms with E-state index in [-0.39, 0.29) is 0 Å². The molecule has 0 rings (SSSR count). The molecule has 0 spiro atoms. The Morgan fingerprint density at radius 1 is 1.40 bits per heavy atom. The van der Waals surface area contributed by atoms with Gasteiger partial charge in [0.05, 0.1) is 0 Å². The van der Waals surface area contributed by atoms with Gasteiger partial charge in [-0.15, -0.1) is 0 Å². The maximum atomic E-state index is 11.2. The third-order valence-electron chi connectivity index (χ3n) is 1.91. The zero-order valence-corrected chi connectivity index (χ0v) is 8.81. The number of nitrogens with two attached hydrogens (primary N) is 2. The Hall–Kier alpha value is -1.14. The summed E-state index contributed by atoms with van der Waals surface area (Å²) < 4.78 is 4.61. The van der Waals surface area contributed by atoms with E-state index >= 15 is 0 Å². The summed E-state index contributed by atoms with van der Waals surface area (Å²) in [6.45, 7) is 1.83. The van der Waals surface area contributed by atoms with Crippen LogP contribution in [0.2, 0.25) is 0 Å². The zero-order chi connectivity index (χ0) is 11.8. The highest BCUT2D eigenvalue weighted by Gasteiger charge is 2.21. The van der Waals surface area contributed by atoms with Crippen LogP contribution >= 0.6 is 0 Å². The lowest BCUT2D eigenvalue weighted by atomic mass is 10.1. The van der Waals surface area contributed by atoms with Gasteiger partial charge in [-0.1, -0.05) is 6.42 Å². The molecule has 88 valence electrons. The van der Waals surface area contributed by atoms with Crippen LogP contribution in [0.4, 0.5) is 0 Å². The van der Waals surface area contributed by atoms with Crippen molar-refractivity contribution in [3.63, 3.8) is 0 Å². The number of carboxylic acid groups (broad SMARTS) is 1. The van der Waals surface area contributed by atoms with Crippen molar-refractivity contribution in [2.45, 2.75) is 38.3 Å². The minimum atomic E-state index is -1.18. The molecule has 6 nitrogen and oxygen atoms in total. The second-order valence-electron chi connectivity index (χ2n) is 3.31. The smallest absolute Gasteiger partial charge is 0.344 e. The summed E-state index contributed by atoms with van der Waals surface area (Å²) in [5.74, 6) is -1.86. The standard InChI is InChI=1S/C9H18N2O4/c1-6(8(12)13)15-9(14)7(11)4-2-3-5-10/h6-7H,2-5,10-11H2,1H3,(H,12,13). The van der Waals surface area contributed by atoms with E-state index in [1.54, 1.807) is 0 Å². The molecule has 5 N–H and O–H groups in total. The number of unbranched alkanes of at least 4 members (excludes halogenated alkanes) is 1. The fourth-order valence-electron chi connectivity index (χ4n) is 0.938. The first kappa shape index (κ1) is 13.9. The molecule has 0 aliphatic rings. The van der Waals surface area contributed by atoms with Gasteiger partial charge >= 0.3 is 11.9 Å². The number of hydrogen-bond donors (Lipinski definition) is 3. The molecular weight excluding hydrogens is 200 g/mol. The molecule has 0 radical (unpaired) electrons. The van der Waals surface area contributed by atoms with Crippen LogP contribution in [0.1, 0.15) is 26.2 Å². The Labute approximate surface area is 88.6 Å². The van der Waals surface area contributed by atoms with Crippen LogP contribution in [-0.4, -0.2) is 35.7 Å². The molecule has 6 heteroatoms. The lowest BCUT2D eigenvalue weighted by molar-refractivity contribution is -0.163. The van der Waals surface area contributed by atoms with Crippen molar-refractivity contribution in [1.82, 2.24) is 0 Å². The highest BCUT2D eigenvalue weighted by molar-refractivity contribution is 5.80. The maximum absolute atomic E-state index is 11.2. The number of hydrogen-bond acceptors (Lipinski definition) is 5. The van der Waals surface area contributed by atoms with Crippen LogP contribution < -0.4 is 11.5 Å². The van der Waals surface area contributed by atoms with Crippen molar-refractivity contribution in [1.29, 1.82) is 0 Å². The van der Waals surface area contributed by atoms with Crippen molar-refractivity contribution in [2.24, 2.45) is 11.5 Å². The molecule has 0 saturated heterocycles. The van der Waals surface area contributed by atoms with Crippen molar-refractivity contribution < 1.29 is 19.4 Å². The van der Waals surface area contributed by atoms with E-state index in [0.717, 1.165) is 12.8 Å². The Kier molecular flexibility index (Phi) is 6.64. The molecule has 15 heavy (non-hydrogen) atoms. The van der Waals surface area contributed by atoms with E-state index in [9.17, 15) is 9.59 Å². The highest BCUT2D eigenvalue weighted by atomic mass is 16.6. The number of esters is 1. The minimum absolute atomic E-state index is 0.461. The molecule has 0 aliphatic carbocycles. The van der Waals surface area contributed by atoms with Crippen molar-refractivity contribution in [3.8, 4) is 0 Å². The third-order valence-corrected chi connectivity index (χ3v) is 1.91. The van der Waals surface area contributed by atoms with Crippen LogP contribution in [0.5, 0.6) is 0 Å². The lowest BCUT2D eigenvalue weighted by Gasteiger charge is -2.13. The molecule has 2 atom stereocenters. The first-order chi connectivity index (χ1) is 6.99.